The molecule has 0 N–H and O–H groups in total. The highest BCUT2D eigenvalue weighted by molar-refractivity contribution is 5.69. The molecule has 1 aromatic rings. The average Bonchev–Trinajstić information content (AvgIpc) is 2.95. The van der Waals surface area contributed by atoms with E-state index >= 15 is 0 Å². The zero-order chi connectivity index (χ0) is 13.7. The van der Waals surface area contributed by atoms with E-state index in [1.807, 2.05) is 0 Å². The Hall–Kier alpha value is -1.39. The van der Waals surface area contributed by atoms with Crippen LogP contribution in [0.4, 0.5) is 0 Å². The molecule has 3 rings (SSSR count). The molecular weight excluding hydrogens is 242 g/mol. The predicted octanol–water partition coefficient (Wildman–Crippen LogP) is 2.04. The summed E-state index contributed by atoms with van der Waals surface area (Å²) >= 11 is 0. The summed E-state index contributed by atoms with van der Waals surface area (Å²) in [5.74, 6) is 0.474. The van der Waals surface area contributed by atoms with Crippen LogP contribution in [0, 0.1) is 16.7 Å². The van der Waals surface area contributed by atoms with Crippen LogP contribution >= 0.6 is 0 Å². The van der Waals surface area contributed by atoms with Crippen molar-refractivity contribution in [3.05, 3.63) is 12.7 Å². The minimum Gasteiger partial charge on any atom is -0.460 e. The Morgan fingerprint density at radius 2 is 2.26 bits per heavy atom. The number of rotatable bonds is 3. The molecule has 0 saturated heterocycles. The Morgan fingerprint density at radius 1 is 1.47 bits per heavy atom. The van der Waals surface area contributed by atoms with Crippen molar-refractivity contribution >= 4 is 5.97 Å². The third-order valence-corrected chi connectivity index (χ3v) is 5.75. The molecule has 1 aromatic heterocycles. The lowest BCUT2D eigenvalue weighted by Gasteiger charge is -2.38. The van der Waals surface area contributed by atoms with Crippen molar-refractivity contribution in [1.29, 1.82) is 0 Å². The fraction of sp³-hybridized carbons (Fsp3) is 0.786. The molecule has 2 bridgehead atoms. The highest BCUT2D eigenvalue weighted by Gasteiger charge is 2.62. The Balaban J connectivity index is 1.67. The Kier molecular flexibility index (Phi) is 2.69. The summed E-state index contributed by atoms with van der Waals surface area (Å²) in [4.78, 5) is 15.8. The van der Waals surface area contributed by atoms with E-state index in [1.54, 1.807) is 0 Å². The van der Waals surface area contributed by atoms with Gasteiger partial charge in [0.2, 0.25) is 0 Å². The second-order valence-corrected chi connectivity index (χ2v) is 6.68. The molecule has 2 aliphatic rings. The molecule has 5 nitrogen and oxygen atoms in total. The molecular formula is C14H21N3O2. The molecule has 0 radical (unpaired) electrons. The topological polar surface area (TPSA) is 57.0 Å². The molecule has 3 unspecified atom stereocenters. The average molecular weight is 263 g/mol. The van der Waals surface area contributed by atoms with Crippen molar-refractivity contribution in [3.8, 4) is 0 Å². The lowest BCUT2D eigenvalue weighted by atomic mass is 9.70. The standard InChI is InChI=1S/C14H21N3O2/c1-13(2)10-4-5-14(13,3)11(6-10)19-12(18)7-17-9-15-8-16-17/h8-11H,4-7H2,1-3H3. The van der Waals surface area contributed by atoms with Crippen LogP contribution in [0.15, 0.2) is 12.7 Å². The van der Waals surface area contributed by atoms with Gasteiger partial charge in [0.05, 0.1) is 0 Å². The smallest absolute Gasteiger partial charge is 0.328 e. The summed E-state index contributed by atoms with van der Waals surface area (Å²) < 4.78 is 7.23. The normalized spacial score (nSPS) is 35.5. The van der Waals surface area contributed by atoms with Crippen LogP contribution < -0.4 is 0 Å². The van der Waals surface area contributed by atoms with Crippen molar-refractivity contribution in [2.45, 2.75) is 52.7 Å². The van der Waals surface area contributed by atoms with E-state index in [1.165, 1.54) is 23.8 Å². The van der Waals surface area contributed by atoms with Crippen molar-refractivity contribution < 1.29 is 9.53 Å². The van der Waals surface area contributed by atoms with Crippen molar-refractivity contribution in [2.75, 3.05) is 0 Å². The molecule has 104 valence electrons. The summed E-state index contributed by atoms with van der Waals surface area (Å²) in [6.07, 6.45) is 6.44. The van der Waals surface area contributed by atoms with Gasteiger partial charge in [-0.15, -0.1) is 0 Å². The fourth-order valence-corrected chi connectivity index (χ4v) is 3.95. The molecule has 2 fully saturated rings. The molecule has 2 aliphatic carbocycles. The van der Waals surface area contributed by atoms with Crippen molar-refractivity contribution in [3.63, 3.8) is 0 Å². The third-order valence-electron chi connectivity index (χ3n) is 5.75. The number of fused-ring (bicyclic) bond motifs is 2. The van der Waals surface area contributed by atoms with Crippen LogP contribution in [-0.4, -0.2) is 26.8 Å². The quantitative estimate of drug-likeness (QED) is 0.783. The van der Waals surface area contributed by atoms with Gasteiger partial charge in [0.1, 0.15) is 25.3 Å². The number of hydrogen-bond donors (Lipinski definition) is 0. The van der Waals surface area contributed by atoms with E-state index in [-0.39, 0.29) is 29.4 Å². The molecule has 0 aliphatic heterocycles. The fourth-order valence-electron chi connectivity index (χ4n) is 3.95. The molecule has 5 heteroatoms. The van der Waals surface area contributed by atoms with Gasteiger partial charge in [-0.1, -0.05) is 20.8 Å². The first-order valence-corrected chi connectivity index (χ1v) is 6.95. The zero-order valence-corrected chi connectivity index (χ0v) is 11.8. The summed E-state index contributed by atoms with van der Waals surface area (Å²) in [6.45, 7) is 7.05. The zero-order valence-electron chi connectivity index (χ0n) is 11.8. The second-order valence-electron chi connectivity index (χ2n) is 6.68. The molecule has 3 atom stereocenters. The van der Waals surface area contributed by atoms with Gasteiger partial charge in [-0.25, -0.2) is 9.67 Å². The van der Waals surface area contributed by atoms with Gasteiger partial charge in [-0.2, -0.15) is 5.10 Å². The number of nitrogens with zero attached hydrogens (tertiary/aromatic N) is 3. The highest BCUT2D eigenvalue weighted by Crippen LogP contribution is 2.66. The van der Waals surface area contributed by atoms with Crippen LogP contribution in [0.3, 0.4) is 0 Å². The van der Waals surface area contributed by atoms with Gasteiger partial charge >= 0.3 is 5.97 Å². The van der Waals surface area contributed by atoms with Crippen molar-refractivity contribution in [1.82, 2.24) is 14.8 Å². The summed E-state index contributed by atoms with van der Waals surface area (Å²) in [7, 11) is 0. The number of ether oxygens (including phenoxy) is 1. The number of carbonyl (C=O) groups is 1. The maximum atomic E-state index is 12.0. The number of aromatic nitrogens is 3. The van der Waals surface area contributed by atoms with Crippen LogP contribution in [0.25, 0.3) is 0 Å². The van der Waals surface area contributed by atoms with Gasteiger partial charge in [0, 0.05) is 5.41 Å². The number of carbonyl (C=O) groups excluding carboxylic acids is 1. The van der Waals surface area contributed by atoms with Crippen molar-refractivity contribution in [2.24, 2.45) is 16.7 Å². The minimum absolute atomic E-state index is 0.0530. The molecule has 2 saturated carbocycles. The largest absolute Gasteiger partial charge is 0.460 e. The Labute approximate surface area is 113 Å². The predicted molar refractivity (Wildman–Crippen MR) is 69.1 cm³/mol. The lowest BCUT2D eigenvalue weighted by Crippen LogP contribution is -2.38. The monoisotopic (exact) mass is 263 g/mol. The second kappa shape index (κ2) is 4.05. The summed E-state index contributed by atoms with van der Waals surface area (Å²) in [5.41, 5.74) is 0.390. The molecule has 19 heavy (non-hydrogen) atoms. The van der Waals surface area contributed by atoms with Crippen LogP contribution in [0.5, 0.6) is 0 Å². The maximum absolute atomic E-state index is 12.0. The van der Waals surface area contributed by atoms with Gasteiger partial charge in [-0.05, 0) is 30.6 Å². The number of hydrogen-bond acceptors (Lipinski definition) is 4. The van der Waals surface area contributed by atoms with E-state index in [4.69, 9.17) is 4.74 Å². The number of esters is 1. The molecule has 0 aromatic carbocycles. The Bertz CT molecular complexity index is 483. The minimum atomic E-state index is -0.208. The maximum Gasteiger partial charge on any atom is 0.328 e. The van der Waals surface area contributed by atoms with E-state index in [9.17, 15) is 4.79 Å². The van der Waals surface area contributed by atoms with Crippen LogP contribution in [-0.2, 0) is 16.1 Å². The first-order valence-electron chi connectivity index (χ1n) is 6.95. The van der Waals surface area contributed by atoms with E-state index in [0.29, 0.717) is 5.92 Å². The Morgan fingerprint density at radius 3 is 2.79 bits per heavy atom. The summed E-state index contributed by atoms with van der Waals surface area (Å²) in [5, 5.41) is 3.93. The van der Waals surface area contributed by atoms with E-state index < -0.39 is 0 Å². The summed E-state index contributed by atoms with van der Waals surface area (Å²) in [6, 6.07) is 0. The van der Waals surface area contributed by atoms with E-state index in [0.717, 1.165) is 12.8 Å². The van der Waals surface area contributed by atoms with E-state index in [2.05, 4.69) is 30.9 Å². The highest BCUT2D eigenvalue weighted by atomic mass is 16.5. The molecule has 0 amide bonds. The van der Waals surface area contributed by atoms with Gasteiger partial charge in [0.15, 0.2) is 0 Å². The van der Waals surface area contributed by atoms with Gasteiger partial charge < -0.3 is 4.74 Å². The first-order chi connectivity index (χ1) is 8.93. The third kappa shape index (κ3) is 1.78. The SMILES string of the molecule is CC1(C)C2CCC1(C)C(OC(=O)Cn1cncn1)C2. The molecule has 0 spiro atoms. The van der Waals surface area contributed by atoms with Gasteiger partial charge in [-0.3, -0.25) is 4.79 Å². The van der Waals surface area contributed by atoms with Crippen LogP contribution in [0.1, 0.15) is 40.0 Å². The van der Waals surface area contributed by atoms with Crippen LogP contribution in [0.2, 0.25) is 0 Å². The first kappa shape index (κ1) is 12.6. The lowest BCUT2D eigenvalue weighted by molar-refractivity contribution is -0.157. The molecule has 1 heterocycles. The van der Waals surface area contributed by atoms with Gasteiger partial charge in [0.25, 0.3) is 0 Å².